The maximum atomic E-state index is 12.9. The second kappa shape index (κ2) is 8.98. The number of nitrogen functional groups attached to an aromatic ring is 1. The monoisotopic (exact) mass is 395 g/mol. The molecule has 2 aromatic rings. The van der Waals surface area contributed by atoms with Crippen molar-refractivity contribution in [2.45, 2.75) is 38.9 Å². The van der Waals surface area contributed by atoms with E-state index in [1.54, 1.807) is 44.2 Å². The largest absolute Gasteiger partial charge is 0.489 e. The molecule has 0 fully saturated rings. The molecule has 0 aliphatic rings. The molecule has 0 amide bonds. The Kier molecular flexibility index (Phi) is 7.53. The van der Waals surface area contributed by atoms with Crippen LogP contribution in [0.4, 0.5) is 32.0 Å². The Balaban J connectivity index is 0.000000828. The average Bonchev–Trinajstić information content (AvgIpc) is 2.52. The van der Waals surface area contributed by atoms with Crippen molar-refractivity contribution < 1.29 is 36.2 Å². The van der Waals surface area contributed by atoms with Crippen molar-refractivity contribution in [1.82, 2.24) is 0 Å². The van der Waals surface area contributed by atoms with Gasteiger partial charge in [-0.3, -0.25) is 0 Å². The molecule has 9 heteroatoms. The van der Waals surface area contributed by atoms with Gasteiger partial charge in [-0.25, -0.2) is 0 Å². The molecule has 27 heavy (non-hydrogen) atoms. The van der Waals surface area contributed by atoms with E-state index >= 15 is 0 Å². The predicted molar refractivity (Wildman–Crippen MR) is 89.0 cm³/mol. The first-order valence-corrected chi connectivity index (χ1v) is 7.75. The van der Waals surface area contributed by atoms with E-state index in [1.165, 1.54) is 0 Å². The van der Waals surface area contributed by atoms with Crippen molar-refractivity contribution in [3.63, 3.8) is 0 Å². The van der Waals surface area contributed by atoms with Gasteiger partial charge in [0.2, 0.25) is 0 Å². The van der Waals surface area contributed by atoms with Crippen LogP contribution in [0.15, 0.2) is 42.5 Å². The van der Waals surface area contributed by atoms with Crippen LogP contribution in [0, 0.1) is 0 Å². The molecule has 0 bridgehead atoms. The molecule has 0 atom stereocenters. The standard InChI is InChI=1S/C15H11F6NO.C3H8O/c16-14(17,18)11-6-10(7-12(13(11)22)15(19,20)21)23-8-9-4-2-1-3-5-9;1-3(2)4/h1-7H,8,22H2;3-4H,1-2H3. The van der Waals surface area contributed by atoms with Crippen LogP contribution in [-0.4, -0.2) is 11.2 Å². The highest BCUT2D eigenvalue weighted by atomic mass is 19.4. The van der Waals surface area contributed by atoms with E-state index in [0.29, 0.717) is 17.7 Å². The Morgan fingerprint density at radius 2 is 1.33 bits per heavy atom. The Labute approximate surface area is 152 Å². The summed E-state index contributed by atoms with van der Waals surface area (Å²) in [6.45, 7) is 3.28. The first-order chi connectivity index (χ1) is 12.3. The number of nitrogens with two attached hydrogens (primary N) is 1. The zero-order valence-corrected chi connectivity index (χ0v) is 14.5. The van der Waals surface area contributed by atoms with Gasteiger partial charge in [0.05, 0.1) is 16.8 Å². The van der Waals surface area contributed by atoms with Gasteiger partial charge in [-0.15, -0.1) is 0 Å². The van der Waals surface area contributed by atoms with Gasteiger partial charge in [0.15, 0.2) is 0 Å². The summed E-state index contributed by atoms with van der Waals surface area (Å²) >= 11 is 0. The summed E-state index contributed by atoms with van der Waals surface area (Å²) in [7, 11) is 0. The summed E-state index contributed by atoms with van der Waals surface area (Å²) in [5.41, 5.74) is 1.13. The lowest BCUT2D eigenvalue weighted by Gasteiger charge is -2.18. The molecule has 0 saturated heterocycles. The van der Waals surface area contributed by atoms with E-state index < -0.39 is 34.9 Å². The molecule has 0 aliphatic carbocycles. The molecular formula is C18H19F6NO2. The number of aliphatic hydroxyl groups is 1. The number of hydrogen-bond acceptors (Lipinski definition) is 3. The van der Waals surface area contributed by atoms with Crippen molar-refractivity contribution in [3.8, 4) is 5.75 Å². The number of ether oxygens (including phenoxy) is 1. The SMILES string of the molecule is CC(C)O.Nc1c(C(F)(F)F)cc(OCc2ccccc2)cc1C(F)(F)F. The fourth-order valence-corrected chi connectivity index (χ4v) is 1.92. The number of anilines is 1. The van der Waals surface area contributed by atoms with Gasteiger partial charge < -0.3 is 15.6 Å². The Bertz CT molecular complexity index is 689. The molecule has 3 nitrogen and oxygen atoms in total. The zero-order valence-electron chi connectivity index (χ0n) is 14.5. The van der Waals surface area contributed by atoms with Crippen molar-refractivity contribution >= 4 is 5.69 Å². The van der Waals surface area contributed by atoms with Crippen LogP contribution in [0.3, 0.4) is 0 Å². The molecule has 2 aromatic carbocycles. The second-order valence-corrected chi connectivity index (χ2v) is 5.80. The lowest BCUT2D eigenvalue weighted by molar-refractivity contribution is -0.141. The highest BCUT2D eigenvalue weighted by Crippen LogP contribution is 2.43. The van der Waals surface area contributed by atoms with Gasteiger partial charge in [0.25, 0.3) is 0 Å². The summed E-state index contributed by atoms with van der Waals surface area (Å²) in [6, 6.07) is 9.25. The summed E-state index contributed by atoms with van der Waals surface area (Å²) in [6.07, 6.45) is -10.2. The van der Waals surface area contributed by atoms with E-state index in [0.717, 1.165) is 0 Å². The van der Waals surface area contributed by atoms with Crippen LogP contribution in [-0.2, 0) is 19.0 Å². The summed E-state index contributed by atoms with van der Waals surface area (Å²) in [5, 5.41) is 8.06. The van der Waals surface area contributed by atoms with Crippen molar-refractivity contribution in [2.24, 2.45) is 0 Å². The van der Waals surface area contributed by atoms with Crippen molar-refractivity contribution in [3.05, 3.63) is 59.2 Å². The number of aliphatic hydroxyl groups excluding tert-OH is 1. The molecule has 0 saturated carbocycles. The van der Waals surface area contributed by atoms with Gasteiger partial charge in [0.1, 0.15) is 12.4 Å². The number of benzene rings is 2. The maximum absolute atomic E-state index is 12.9. The average molecular weight is 395 g/mol. The molecule has 0 radical (unpaired) electrons. The van der Waals surface area contributed by atoms with Crippen LogP contribution in [0.25, 0.3) is 0 Å². The van der Waals surface area contributed by atoms with E-state index in [4.69, 9.17) is 15.6 Å². The Morgan fingerprint density at radius 1 is 0.926 bits per heavy atom. The minimum Gasteiger partial charge on any atom is -0.489 e. The van der Waals surface area contributed by atoms with Crippen molar-refractivity contribution in [2.75, 3.05) is 5.73 Å². The molecular weight excluding hydrogens is 376 g/mol. The first-order valence-electron chi connectivity index (χ1n) is 7.75. The van der Waals surface area contributed by atoms with Crippen LogP contribution < -0.4 is 10.5 Å². The molecule has 0 aliphatic heterocycles. The maximum Gasteiger partial charge on any atom is 0.418 e. The van der Waals surface area contributed by atoms with Crippen LogP contribution >= 0.6 is 0 Å². The molecule has 0 spiro atoms. The Morgan fingerprint density at radius 3 is 1.70 bits per heavy atom. The highest BCUT2D eigenvalue weighted by molar-refractivity contribution is 5.59. The molecule has 0 unspecified atom stereocenters. The summed E-state index contributed by atoms with van der Waals surface area (Å²) in [5.74, 6) is -0.553. The molecule has 0 aromatic heterocycles. The van der Waals surface area contributed by atoms with Crippen LogP contribution in [0.2, 0.25) is 0 Å². The number of rotatable bonds is 3. The third-order valence-electron chi connectivity index (χ3n) is 3.01. The number of halogens is 6. The molecule has 0 heterocycles. The van der Waals surface area contributed by atoms with Gasteiger partial charge in [-0.2, -0.15) is 26.3 Å². The van der Waals surface area contributed by atoms with Gasteiger partial charge >= 0.3 is 12.4 Å². The predicted octanol–water partition coefficient (Wildman–Crippen LogP) is 5.27. The first kappa shape index (κ1) is 22.6. The van der Waals surface area contributed by atoms with E-state index in [2.05, 4.69) is 0 Å². The van der Waals surface area contributed by atoms with Gasteiger partial charge in [0, 0.05) is 6.10 Å². The minimum absolute atomic E-state index is 0.167. The minimum atomic E-state index is -5.02. The van der Waals surface area contributed by atoms with Crippen LogP contribution in [0.5, 0.6) is 5.75 Å². The smallest absolute Gasteiger partial charge is 0.418 e. The molecule has 150 valence electrons. The number of hydrogen-bond donors (Lipinski definition) is 2. The van der Waals surface area contributed by atoms with E-state index in [-0.39, 0.29) is 12.7 Å². The fraction of sp³-hybridized carbons (Fsp3) is 0.333. The van der Waals surface area contributed by atoms with E-state index in [1.807, 2.05) is 0 Å². The summed E-state index contributed by atoms with van der Waals surface area (Å²) in [4.78, 5) is 0. The second-order valence-electron chi connectivity index (χ2n) is 5.80. The van der Waals surface area contributed by atoms with Gasteiger partial charge in [-0.05, 0) is 31.5 Å². The van der Waals surface area contributed by atoms with Crippen molar-refractivity contribution in [1.29, 1.82) is 0 Å². The zero-order chi connectivity index (χ0) is 20.8. The highest BCUT2D eigenvalue weighted by Gasteiger charge is 2.41. The third-order valence-corrected chi connectivity index (χ3v) is 3.01. The molecule has 3 N–H and O–H groups in total. The van der Waals surface area contributed by atoms with Gasteiger partial charge in [-0.1, -0.05) is 30.3 Å². The van der Waals surface area contributed by atoms with E-state index in [9.17, 15) is 26.3 Å². The lowest BCUT2D eigenvalue weighted by atomic mass is 10.1. The summed E-state index contributed by atoms with van der Waals surface area (Å²) < 4.78 is 82.2. The fourth-order valence-electron chi connectivity index (χ4n) is 1.92. The normalized spacial score (nSPS) is 11.8. The number of alkyl halides is 6. The lowest BCUT2D eigenvalue weighted by Crippen LogP contribution is -2.16. The third kappa shape index (κ3) is 7.38. The Hall–Kier alpha value is -2.42. The topological polar surface area (TPSA) is 55.5 Å². The van der Waals surface area contributed by atoms with Crippen LogP contribution in [0.1, 0.15) is 30.5 Å². The quantitative estimate of drug-likeness (QED) is 0.550. The molecule has 2 rings (SSSR count).